The highest BCUT2D eigenvalue weighted by molar-refractivity contribution is 5.81. The van der Waals surface area contributed by atoms with Crippen LogP contribution in [-0.4, -0.2) is 20.2 Å². The van der Waals surface area contributed by atoms with Gasteiger partial charge in [-0.1, -0.05) is 30.3 Å². The molecule has 0 aliphatic heterocycles. The molecule has 2 heterocycles. The van der Waals surface area contributed by atoms with Crippen molar-refractivity contribution in [2.75, 3.05) is 0 Å². The van der Waals surface area contributed by atoms with Crippen LogP contribution in [0.25, 0.3) is 21.9 Å². The van der Waals surface area contributed by atoms with Gasteiger partial charge in [0.25, 0.3) is 0 Å². The summed E-state index contributed by atoms with van der Waals surface area (Å²) < 4.78 is 0. The molecule has 0 saturated heterocycles. The zero-order valence-corrected chi connectivity index (χ0v) is 12.7. The van der Waals surface area contributed by atoms with Crippen molar-refractivity contribution in [3.63, 3.8) is 0 Å². The fourth-order valence-electron chi connectivity index (χ4n) is 2.99. The molecule has 0 aliphatic rings. The molecule has 0 spiro atoms. The summed E-state index contributed by atoms with van der Waals surface area (Å²) >= 11 is 0. The molecular weight excluding hydrogens is 284 g/mol. The molecule has 0 atom stereocenters. The highest BCUT2D eigenvalue weighted by Gasteiger charge is 2.05. The van der Waals surface area contributed by atoms with Crippen molar-refractivity contribution in [2.24, 2.45) is 0 Å². The van der Waals surface area contributed by atoms with Crippen LogP contribution in [0.4, 0.5) is 0 Å². The summed E-state index contributed by atoms with van der Waals surface area (Å²) in [6.45, 7) is 0. The maximum Gasteiger partial charge on any atom is 0.0932 e. The van der Waals surface area contributed by atoms with Gasteiger partial charge in [0.15, 0.2) is 0 Å². The molecule has 0 bridgehead atoms. The lowest BCUT2D eigenvalue weighted by atomic mass is 10.0. The second kappa shape index (κ2) is 6.08. The van der Waals surface area contributed by atoms with Crippen molar-refractivity contribution in [1.29, 1.82) is 0 Å². The minimum Gasteiger partial charge on any atom is -0.253 e. The molecule has 0 saturated carbocycles. The summed E-state index contributed by atoms with van der Waals surface area (Å²) in [4.78, 5) is 8.84. The van der Waals surface area contributed by atoms with Crippen molar-refractivity contribution in [2.45, 2.75) is 19.3 Å². The van der Waals surface area contributed by atoms with Crippen LogP contribution < -0.4 is 0 Å². The van der Waals surface area contributed by atoms with Crippen LogP contribution in [-0.2, 0) is 12.8 Å². The van der Waals surface area contributed by atoms with E-state index in [2.05, 4.69) is 38.4 Å². The van der Waals surface area contributed by atoms with Gasteiger partial charge in [-0.2, -0.15) is 10.2 Å². The number of fused-ring (bicyclic) bond motifs is 2. The van der Waals surface area contributed by atoms with Crippen molar-refractivity contribution in [3.05, 3.63) is 72.2 Å². The third-order valence-corrected chi connectivity index (χ3v) is 4.10. The van der Waals surface area contributed by atoms with E-state index in [-0.39, 0.29) is 0 Å². The summed E-state index contributed by atoms with van der Waals surface area (Å²) in [5.41, 5.74) is 5.43. The predicted molar refractivity (Wildman–Crippen MR) is 91.1 cm³/mol. The number of hydrogen-bond donors (Lipinski definition) is 0. The molecule has 4 rings (SSSR count). The first kappa shape index (κ1) is 13.8. The monoisotopic (exact) mass is 300 g/mol. The second-order valence-corrected chi connectivity index (χ2v) is 5.58. The Morgan fingerprint density at radius 2 is 1.57 bits per heavy atom. The molecule has 2 aromatic carbocycles. The number of aryl methyl sites for hydroxylation is 2. The Hall–Kier alpha value is -2.88. The van der Waals surface area contributed by atoms with Crippen LogP contribution >= 0.6 is 0 Å². The first-order valence-electron chi connectivity index (χ1n) is 7.80. The molecule has 23 heavy (non-hydrogen) atoms. The van der Waals surface area contributed by atoms with Gasteiger partial charge in [-0.15, -0.1) is 0 Å². The summed E-state index contributed by atoms with van der Waals surface area (Å²) in [6.07, 6.45) is 8.38. The zero-order chi connectivity index (χ0) is 15.5. The fourth-order valence-corrected chi connectivity index (χ4v) is 2.99. The van der Waals surface area contributed by atoms with Crippen LogP contribution in [0, 0.1) is 0 Å². The third kappa shape index (κ3) is 2.75. The van der Waals surface area contributed by atoms with Gasteiger partial charge >= 0.3 is 0 Å². The van der Waals surface area contributed by atoms with Gasteiger partial charge in [0.05, 0.1) is 22.7 Å². The molecule has 0 fully saturated rings. The van der Waals surface area contributed by atoms with E-state index in [1.54, 1.807) is 12.4 Å². The summed E-state index contributed by atoms with van der Waals surface area (Å²) in [5, 5.41) is 9.49. The van der Waals surface area contributed by atoms with Crippen molar-refractivity contribution >= 4 is 21.9 Å². The Morgan fingerprint density at radius 1 is 0.739 bits per heavy atom. The smallest absolute Gasteiger partial charge is 0.0932 e. The van der Waals surface area contributed by atoms with E-state index in [0.717, 1.165) is 35.8 Å². The van der Waals surface area contributed by atoms with E-state index >= 15 is 0 Å². The Morgan fingerprint density at radius 3 is 2.57 bits per heavy atom. The van der Waals surface area contributed by atoms with Gasteiger partial charge < -0.3 is 0 Å². The van der Waals surface area contributed by atoms with E-state index in [9.17, 15) is 0 Å². The average Bonchev–Trinajstić information content (AvgIpc) is 2.62. The average molecular weight is 300 g/mol. The SMILES string of the molecule is c1ccc2c(CCCc3cccc4nccnc34)cnnc2c1. The maximum atomic E-state index is 4.47. The lowest BCUT2D eigenvalue weighted by Gasteiger charge is -2.07. The van der Waals surface area contributed by atoms with Gasteiger partial charge in [0, 0.05) is 17.8 Å². The zero-order valence-electron chi connectivity index (χ0n) is 12.7. The van der Waals surface area contributed by atoms with Crippen LogP contribution in [0.5, 0.6) is 0 Å². The molecule has 0 amide bonds. The highest BCUT2D eigenvalue weighted by Crippen LogP contribution is 2.19. The third-order valence-electron chi connectivity index (χ3n) is 4.10. The first-order valence-corrected chi connectivity index (χ1v) is 7.80. The molecule has 0 radical (unpaired) electrons. The maximum absolute atomic E-state index is 4.47. The lowest BCUT2D eigenvalue weighted by molar-refractivity contribution is 0.820. The fraction of sp³-hybridized carbons (Fsp3) is 0.158. The van der Waals surface area contributed by atoms with Crippen molar-refractivity contribution < 1.29 is 0 Å². The Labute approximate surface area is 134 Å². The Balaban J connectivity index is 1.55. The van der Waals surface area contributed by atoms with Crippen molar-refractivity contribution in [1.82, 2.24) is 20.2 Å². The van der Waals surface area contributed by atoms with E-state index in [1.165, 1.54) is 16.5 Å². The number of nitrogens with zero attached hydrogens (tertiary/aromatic N) is 4. The molecule has 4 heteroatoms. The van der Waals surface area contributed by atoms with Crippen LogP contribution in [0.2, 0.25) is 0 Å². The van der Waals surface area contributed by atoms with Gasteiger partial charge in [-0.25, -0.2) is 0 Å². The molecule has 2 aromatic heterocycles. The van der Waals surface area contributed by atoms with E-state index in [0.29, 0.717) is 0 Å². The number of benzene rings is 2. The van der Waals surface area contributed by atoms with Gasteiger partial charge in [0.1, 0.15) is 0 Å². The Kier molecular flexibility index (Phi) is 3.64. The summed E-state index contributed by atoms with van der Waals surface area (Å²) in [7, 11) is 0. The normalized spacial score (nSPS) is 11.1. The highest BCUT2D eigenvalue weighted by atomic mass is 15.1. The molecule has 0 unspecified atom stereocenters. The van der Waals surface area contributed by atoms with E-state index in [4.69, 9.17) is 0 Å². The number of rotatable bonds is 4. The van der Waals surface area contributed by atoms with Crippen molar-refractivity contribution in [3.8, 4) is 0 Å². The molecule has 0 N–H and O–H groups in total. The summed E-state index contributed by atoms with van der Waals surface area (Å²) in [6, 6.07) is 14.4. The quantitative estimate of drug-likeness (QED) is 0.576. The van der Waals surface area contributed by atoms with Crippen LogP contribution in [0.15, 0.2) is 61.1 Å². The van der Waals surface area contributed by atoms with E-state index in [1.807, 2.05) is 30.5 Å². The standard InChI is InChI=1S/C19H16N4/c1-2-9-17-16(8-1)15(13-22-23-17)7-3-5-14-6-4-10-18-19(14)21-12-11-20-18/h1-2,4,6,8-13H,3,5,7H2. The van der Waals surface area contributed by atoms with Gasteiger partial charge in [0.2, 0.25) is 0 Å². The number of para-hydroxylation sites is 1. The lowest BCUT2D eigenvalue weighted by Crippen LogP contribution is -1.96. The molecule has 0 aliphatic carbocycles. The van der Waals surface area contributed by atoms with Gasteiger partial charge in [-0.3, -0.25) is 9.97 Å². The number of aromatic nitrogens is 4. The van der Waals surface area contributed by atoms with Gasteiger partial charge in [-0.05, 0) is 42.5 Å². The largest absolute Gasteiger partial charge is 0.253 e. The van der Waals surface area contributed by atoms with Crippen LogP contribution in [0.1, 0.15) is 17.5 Å². The first-order chi connectivity index (χ1) is 11.4. The topological polar surface area (TPSA) is 51.6 Å². The molecule has 4 aromatic rings. The Bertz CT molecular complexity index is 875. The molecule has 112 valence electrons. The second-order valence-electron chi connectivity index (χ2n) is 5.58. The number of hydrogen-bond acceptors (Lipinski definition) is 4. The summed E-state index contributed by atoms with van der Waals surface area (Å²) in [5.74, 6) is 0. The minimum atomic E-state index is 0.959. The molecular formula is C19H16N4. The minimum absolute atomic E-state index is 0.959. The molecule has 4 nitrogen and oxygen atoms in total. The van der Waals surface area contributed by atoms with E-state index < -0.39 is 0 Å². The predicted octanol–water partition coefficient (Wildman–Crippen LogP) is 3.75. The van der Waals surface area contributed by atoms with Crippen LogP contribution in [0.3, 0.4) is 0 Å².